The van der Waals surface area contributed by atoms with Crippen molar-refractivity contribution in [3.8, 4) is 0 Å². The standard InChI is InChI=1S/C12H20N2OS2/c1-9-4-7-17-11(9)8-13-12(15)14-10(2)5-6-16-3/h4,7,10H,5-6,8H2,1-3H3,(H2,13,14,15)/t10-/m1/s1. The van der Waals surface area contributed by atoms with Crippen molar-refractivity contribution < 1.29 is 4.79 Å². The number of carbonyl (C=O) groups excluding carboxylic acids is 1. The van der Waals surface area contributed by atoms with Gasteiger partial charge in [0.05, 0.1) is 6.54 Å². The molecule has 3 nitrogen and oxygen atoms in total. The van der Waals surface area contributed by atoms with Crippen LogP contribution in [0, 0.1) is 6.92 Å². The Kier molecular flexibility index (Phi) is 6.44. The summed E-state index contributed by atoms with van der Waals surface area (Å²) in [5.74, 6) is 1.07. The predicted molar refractivity (Wildman–Crippen MR) is 76.9 cm³/mol. The number of urea groups is 1. The van der Waals surface area contributed by atoms with Gasteiger partial charge in [-0.15, -0.1) is 11.3 Å². The first-order chi connectivity index (χ1) is 8.13. The van der Waals surface area contributed by atoms with Crippen molar-refractivity contribution in [2.45, 2.75) is 32.9 Å². The number of thiophene rings is 1. The summed E-state index contributed by atoms with van der Waals surface area (Å²) in [6, 6.07) is 2.22. The Bertz CT molecular complexity index is 352. The van der Waals surface area contributed by atoms with Crippen LogP contribution in [0.4, 0.5) is 4.79 Å². The van der Waals surface area contributed by atoms with Gasteiger partial charge in [-0.1, -0.05) is 0 Å². The SMILES string of the molecule is CSCC[C@@H](C)NC(=O)NCc1sccc1C. The maximum atomic E-state index is 11.6. The Hall–Kier alpha value is -0.680. The third-order valence-electron chi connectivity index (χ3n) is 2.51. The molecule has 2 amide bonds. The van der Waals surface area contributed by atoms with Crippen LogP contribution >= 0.6 is 23.1 Å². The maximum Gasteiger partial charge on any atom is 0.315 e. The Morgan fingerprint density at radius 2 is 2.35 bits per heavy atom. The lowest BCUT2D eigenvalue weighted by Crippen LogP contribution is -2.40. The molecule has 0 aliphatic carbocycles. The zero-order valence-electron chi connectivity index (χ0n) is 10.6. The van der Waals surface area contributed by atoms with Crippen molar-refractivity contribution in [3.05, 3.63) is 21.9 Å². The van der Waals surface area contributed by atoms with E-state index in [1.165, 1.54) is 10.4 Å². The summed E-state index contributed by atoms with van der Waals surface area (Å²) in [5, 5.41) is 7.87. The molecule has 0 bridgehead atoms. The molecule has 0 aromatic carbocycles. The van der Waals surface area contributed by atoms with E-state index in [-0.39, 0.29) is 12.1 Å². The van der Waals surface area contributed by atoms with E-state index in [2.05, 4.69) is 29.9 Å². The average Bonchev–Trinajstić information content (AvgIpc) is 2.69. The highest BCUT2D eigenvalue weighted by Crippen LogP contribution is 2.14. The zero-order valence-corrected chi connectivity index (χ0v) is 12.2. The minimum atomic E-state index is -0.0774. The molecular weight excluding hydrogens is 252 g/mol. The molecule has 1 aromatic heterocycles. The van der Waals surface area contributed by atoms with E-state index in [9.17, 15) is 4.79 Å². The zero-order chi connectivity index (χ0) is 12.7. The molecule has 0 aliphatic heterocycles. The van der Waals surface area contributed by atoms with Crippen molar-refractivity contribution in [2.75, 3.05) is 12.0 Å². The van der Waals surface area contributed by atoms with Gasteiger partial charge in [0.15, 0.2) is 0 Å². The minimum Gasteiger partial charge on any atom is -0.336 e. The molecular formula is C12H20N2OS2. The molecule has 0 saturated carbocycles. The van der Waals surface area contributed by atoms with Gasteiger partial charge in [-0.3, -0.25) is 0 Å². The van der Waals surface area contributed by atoms with Crippen LogP contribution in [0.2, 0.25) is 0 Å². The average molecular weight is 272 g/mol. The molecule has 5 heteroatoms. The monoisotopic (exact) mass is 272 g/mol. The Morgan fingerprint density at radius 1 is 1.59 bits per heavy atom. The molecule has 1 rings (SSSR count). The van der Waals surface area contributed by atoms with Crippen LogP contribution in [0.25, 0.3) is 0 Å². The van der Waals surface area contributed by atoms with Crippen molar-refractivity contribution in [2.24, 2.45) is 0 Å². The van der Waals surface area contributed by atoms with Crippen LogP contribution in [0.5, 0.6) is 0 Å². The van der Waals surface area contributed by atoms with Gasteiger partial charge in [0.1, 0.15) is 0 Å². The van der Waals surface area contributed by atoms with Gasteiger partial charge in [-0.25, -0.2) is 4.79 Å². The van der Waals surface area contributed by atoms with Gasteiger partial charge < -0.3 is 10.6 Å². The highest BCUT2D eigenvalue weighted by Gasteiger charge is 2.07. The fourth-order valence-electron chi connectivity index (χ4n) is 1.39. The van der Waals surface area contributed by atoms with E-state index in [1.807, 2.05) is 12.3 Å². The molecule has 0 aliphatic rings. The van der Waals surface area contributed by atoms with Crippen LogP contribution in [-0.2, 0) is 6.54 Å². The first-order valence-electron chi connectivity index (χ1n) is 5.69. The van der Waals surface area contributed by atoms with E-state index in [1.54, 1.807) is 23.1 Å². The molecule has 2 N–H and O–H groups in total. The first-order valence-corrected chi connectivity index (χ1v) is 7.97. The summed E-state index contributed by atoms with van der Waals surface area (Å²) in [4.78, 5) is 12.8. The van der Waals surface area contributed by atoms with Gasteiger partial charge in [0.2, 0.25) is 0 Å². The van der Waals surface area contributed by atoms with E-state index in [0.717, 1.165) is 12.2 Å². The maximum absolute atomic E-state index is 11.6. The summed E-state index contributed by atoms with van der Waals surface area (Å²) >= 11 is 3.48. The topological polar surface area (TPSA) is 41.1 Å². The molecule has 0 spiro atoms. The number of rotatable bonds is 6. The Morgan fingerprint density at radius 3 is 2.94 bits per heavy atom. The number of hydrogen-bond donors (Lipinski definition) is 2. The summed E-state index contributed by atoms with van der Waals surface area (Å²) in [6.07, 6.45) is 3.08. The molecule has 1 heterocycles. The minimum absolute atomic E-state index is 0.0774. The van der Waals surface area contributed by atoms with Crippen LogP contribution in [0.1, 0.15) is 23.8 Å². The lowest BCUT2D eigenvalue weighted by molar-refractivity contribution is 0.237. The van der Waals surface area contributed by atoms with Crippen molar-refractivity contribution in [1.82, 2.24) is 10.6 Å². The van der Waals surface area contributed by atoms with Crippen LogP contribution in [0.15, 0.2) is 11.4 Å². The molecule has 0 unspecified atom stereocenters. The van der Waals surface area contributed by atoms with E-state index >= 15 is 0 Å². The van der Waals surface area contributed by atoms with Gasteiger partial charge in [0.25, 0.3) is 0 Å². The number of nitrogens with one attached hydrogen (secondary N) is 2. The third-order valence-corrected chi connectivity index (χ3v) is 4.18. The smallest absolute Gasteiger partial charge is 0.315 e. The highest BCUT2D eigenvalue weighted by molar-refractivity contribution is 7.98. The number of carbonyl (C=O) groups is 1. The normalized spacial score (nSPS) is 12.2. The summed E-state index contributed by atoms with van der Waals surface area (Å²) < 4.78 is 0. The van der Waals surface area contributed by atoms with Crippen LogP contribution in [-0.4, -0.2) is 24.1 Å². The highest BCUT2D eigenvalue weighted by atomic mass is 32.2. The quantitative estimate of drug-likeness (QED) is 0.836. The summed E-state index contributed by atoms with van der Waals surface area (Å²) in [5.41, 5.74) is 1.24. The molecule has 96 valence electrons. The lowest BCUT2D eigenvalue weighted by atomic mass is 10.2. The van der Waals surface area contributed by atoms with Gasteiger partial charge in [-0.05, 0) is 49.3 Å². The fraction of sp³-hybridized carbons (Fsp3) is 0.583. The lowest BCUT2D eigenvalue weighted by Gasteiger charge is -2.13. The summed E-state index contributed by atoms with van der Waals surface area (Å²) in [7, 11) is 0. The third kappa shape index (κ3) is 5.46. The molecule has 1 atom stereocenters. The van der Waals surface area contributed by atoms with Gasteiger partial charge in [0, 0.05) is 10.9 Å². The number of thioether (sulfide) groups is 1. The van der Waals surface area contributed by atoms with E-state index in [4.69, 9.17) is 0 Å². The number of amides is 2. The van der Waals surface area contributed by atoms with Gasteiger partial charge in [-0.2, -0.15) is 11.8 Å². The molecule has 0 saturated heterocycles. The largest absolute Gasteiger partial charge is 0.336 e. The molecule has 17 heavy (non-hydrogen) atoms. The Balaban J connectivity index is 2.23. The fourth-order valence-corrected chi connectivity index (χ4v) is 2.82. The predicted octanol–water partition coefficient (Wildman–Crippen LogP) is 3.00. The first kappa shape index (κ1) is 14.4. The van der Waals surface area contributed by atoms with E-state index < -0.39 is 0 Å². The molecule has 1 aromatic rings. The second-order valence-corrected chi connectivity index (χ2v) is 6.02. The summed E-state index contributed by atoms with van der Waals surface area (Å²) in [6.45, 7) is 4.71. The molecule has 0 radical (unpaired) electrons. The van der Waals surface area contributed by atoms with E-state index in [0.29, 0.717) is 6.54 Å². The number of aryl methyl sites for hydroxylation is 1. The van der Waals surface area contributed by atoms with Crippen molar-refractivity contribution in [3.63, 3.8) is 0 Å². The second kappa shape index (κ2) is 7.61. The molecule has 0 fully saturated rings. The van der Waals surface area contributed by atoms with Crippen LogP contribution in [0.3, 0.4) is 0 Å². The van der Waals surface area contributed by atoms with Crippen LogP contribution < -0.4 is 10.6 Å². The second-order valence-electron chi connectivity index (χ2n) is 4.04. The Labute approximate surface area is 111 Å². The van der Waals surface area contributed by atoms with Crippen molar-refractivity contribution >= 4 is 29.1 Å². The van der Waals surface area contributed by atoms with Gasteiger partial charge >= 0.3 is 6.03 Å². The number of hydrogen-bond acceptors (Lipinski definition) is 3. The van der Waals surface area contributed by atoms with Crippen molar-refractivity contribution in [1.29, 1.82) is 0 Å².